The minimum absolute atomic E-state index is 0.180. The first-order valence-corrected chi connectivity index (χ1v) is 8.52. The quantitative estimate of drug-likeness (QED) is 0.785. The summed E-state index contributed by atoms with van der Waals surface area (Å²) in [6.07, 6.45) is 2.38. The van der Waals surface area contributed by atoms with Gasteiger partial charge in [-0.05, 0) is 75.2 Å². The highest BCUT2D eigenvalue weighted by molar-refractivity contribution is 6.03. The Kier molecular flexibility index (Phi) is 3.84. The highest BCUT2D eigenvalue weighted by Gasteiger charge is 2.25. The van der Waals surface area contributed by atoms with Crippen LogP contribution in [0.1, 0.15) is 46.2 Å². The third-order valence-electron chi connectivity index (χ3n) is 4.58. The number of aromatic nitrogens is 3. The molecule has 0 aliphatic heterocycles. The standard InChI is InChI=1S/C20H20N4O/c1-13-3-4-14(2)24(13)17-9-7-16(8-10-17)20(25)21-19-12-11-18(22-23-19)15-5-6-15/h3-4,7-12,15H,5-6H2,1-2H3,(H,21,23,25). The smallest absolute Gasteiger partial charge is 0.256 e. The number of rotatable bonds is 4. The van der Waals surface area contributed by atoms with Crippen LogP contribution in [0.4, 0.5) is 5.82 Å². The summed E-state index contributed by atoms with van der Waals surface area (Å²) in [6, 6.07) is 15.5. The van der Waals surface area contributed by atoms with Crippen molar-refractivity contribution in [2.45, 2.75) is 32.6 Å². The van der Waals surface area contributed by atoms with Gasteiger partial charge < -0.3 is 9.88 Å². The van der Waals surface area contributed by atoms with Gasteiger partial charge in [-0.15, -0.1) is 5.10 Å². The third kappa shape index (κ3) is 3.18. The van der Waals surface area contributed by atoms with Crippen LogP contribution in [-0.4, -0.2) is 20.7 Å². The van der Waals surface area contributed by atoms with Gasteiger partial charge in [-0.25, -0.2) is 0 Å². The molecule has 1 amide bonds. The van der Waals surface area contributed by atoms with Crippen LogP contribution in [0.15, 0.2) is 48.5 Å². The van der Waals surface area contributed by atoms with Crippen molar-refractivity contribution >= 4 is 11.7 Å². The molecule has 5 heteroatoms. The molecule has 4 rings (SSSR count). The van der Waals surface area contributed by atoms with Crippen molar-refractivity contribution in [3.8, 4) is 5.69 Å². The molecule has 5 nitrogen and oxygen atoms in total. The van der Waals surface area contributed by atoms with Gasteiger partial charge >= 0.3 is 0 Å². The van der Waals surface area contributed by atoms with Crippen molar-refractivity contribution in [1.29, 1.82) is 0 Å². The molecular weight excluding hydrogens is 312 g/mol. The molecule has 1 aliphatic carbocycles. The lowest BCUT2D eigenvalue weighted by Crippen LogP contribution is -2.13. The van der Waals surface area contributed by atoms with E-state index in [0.717, 1.165) is 11.4 Å². The lowest BCUT2D eigenvalue weighted by Gasteiger charge is -2.10. The number of carbonyl (C=O) groups excluding carboxylic acids is 1. The van der Waals surface area contributed by atoms with Crippen LogP contribution < -0.4 is 5.32 Å². The van der Waals surface area contributed by atoms with Gasteiger partial charge in [0.15, 0.2) is 5.82 Å². The molecule has 1 N–H and O–H groups in total. The second-order valence-corrected chi connectivity index (χ2v) is 6.57. The monoisotopic (exact) mass is 332 g/mol. The fourth-order valence-electron chi connectivity index (χ4n) is 3.03. The average molecular weight is 332 g/mol. The molecule has 1 aliphatic rings. The number of hydrogen-bond donors (Lipinski definition) is 1. The maximum Gasteiger partial charge on any atom is 0.256 e. The van der Waals surface area contributed by atoms with Crippen molar-refractivity contribution in [3.05, 3.63) is 71.2 Å². The molecule has 1 saturated carbocycles. The zero-order valence-corrected chi connectivity index (χ0v) is 14.4. The van der Waals surface area contributed by atoms with E-state index >= 15 is 0 Å². The lowest BCUT2D eigenvalue weighted by atomic mass is 10.2. The van der Waals surface area contributed by atoms with Crippen molar-refractivity contribution in [3.63, 3.8) is 0 Å². The van der Waals surface area contributed by atoms with Crippen molar-refractivity contribution in [2.75, 3.05) is 5.32 Å². The molecule has 0 atom stereocenters. The predicted molar refractivity (Wildman–Crippen MR) is 97.2 cm³/mol. The molecule has 1 aromatic carbocycles. The number of hydrogen-bond acceptors (Lipinski definition) is 3. The summed E-state index contributed by atoms with van der Waals surface area (Å²) in [5.41, 5.74) is 4.99. The van der Waals surface area contributed by atoms with E-state index in [9.17, 15) is 4.79 Å². The second kappa shape index (κ2) is 6.16. The number of nitrogens with zero attached hydrogens (tertiary/aromatic N) is 3. The normalized spacial score (nSPS) is 13.7. The van der Waals surface area contributed by atoms with Crippen LogP contribution in [0.5, 0.6) is 0 Å². The molecule has 0 spiro atoms. The number of nitrogens with one attached hydrogen (secondary N) is 1. The van der Waals surface area contributed by atoms with E-state index in [1.165, 1.54) is 24.2 Å². The molecule has 25 heavy (non-hydrogen) atoms. The molecule has 0 saturated heterocycles. The molecule has 3 aromatic rings. The molecule has 0 unspecified atom stereocenters. The van der Waals surface area contributed by atoms with Crippen LogP contribution in [0.2, 0.25) is 0 Å². The molecule has 1 fully saturated rings. The van der Waals surface area contributed by atoms with Gasteiger partial charge in [0, 0.05) is 28.6 Å². The minimum Gasteiger partial charge on any atom is -0.319 e. The Morgan fingerprint density at radius 1 is 0.960 bits per heavy atom. The van der Waals surface area contributed by atoms with Crippen LogP contribution in [-0.2, 0) is 0 Å². The van der Waals surface area contributed by atoms with E-state index in [1.54, 1.807) is 0 Å². The summed E-state index contributed by atoms with van der Waals surface area (Å²) in [4.78, 5) is 12.4. The fraction of sp³-hybridized carbons (Fsp3) is 0.250. The van der Waals surface area contributed by atoms with E-state index < -0.39 is 0 Å². The number of amides is 1. The summed E-state index contributed by atoms with van der Waals surface area (Å²) in [7, 11) is 0. The van der Waals surface area contributed by atoms with Gasteiger partial charge in [-0.2, -0.15) is 5.10 Å². The van der Waals surface area contributed by atoms with Crippen LogP contribution in [0, 0.1) is 13.8 Å². The van der Waals surface area contributed by atoms with Crippen molar-refractivity contribution < 1.29 is 4.79 Å². The van der Waals surface area contributed by atoms with E-state index in [-0.39, 0.29) is 5.91 Å². The average Bonchev–Trinajstić information content (AvgIpc) is 3.41. The summed E-state index contributed by atoms with van der Waals surface area (Å²) >= 11 is 0. The SMILES string of the molecule is Cc1ccc(C)n1-c1ccc(C(=O)Nc2ccc(C3CC3)nn2)cc1. The van der Waals surface area contributed by atoms with E-state index in [4.69, 9.17) is 0 Å². The van der Waals surface area contributed by atoms with Gasteiger partial charge in [-0.1, -0.05) is 0 Å². The number of anilines is 1. The highest BCUT2D eigenvalue weighted by atomic mass is 16.1. The Hall–Kier alpha value is -2.95. The van der Waals surface area contributed by atoms with Gasteiger partial charge in [0.2, 0.25) is 0 Å². The van der Waals surface area contributed by atoms with Gasteiger partial charge in [-0.3, -0.25) is 4.79 Å². The zero-order valence-electron chi connectivity index (χ0n) is 14.4. The number of benzene rings is 1. The topological polar surface area (TPSA) is 59.8 Å². The molecule has 0 bridgehead atoms. The van der Waals surface area contributed by atoms with E-state index in [2.05, 4.69) is 46.1 Å². The maximum absolute atomic E-state index is 12.4. The molecule has 2 aromatic heterocycles. The van der Waals surface area contributed by atoms with Crippen LogP contribution in [0.3, 0.4) is 0 Å². The molecular formula is C20H20N4O. The van der Waals surface area contributed by atoms with Crippen LogP contribution >= 0.6 is 0 Å². The summed E-state index contributed by atoms with van der Waals surface area (Å²) in [6.45, 7) is 4.13. The second-order valence-electron chi connectivity index (χ2n) is 6.57. The van der Waals surface area contributed by atoms with E-state index in [0.29, 0.717) is 17.3 Å². The number of aryl methyl sites for hydroxylation is 2. The number of carbonyl (C=O) groups is 1. The fourth-order valence-corrected chi connectivity index (χ4v) is 3.03. The lowest BCUT2D eigenvalue weighted by molar-refractivity contribution is 0.102. The summed E-state index contributed by atoms with van der Waals surface area (Å²) < 4.78 is 2.16. The highest BCUT2D eigenvalue weighted by Crippen LogP contribution is 2.38. The Morgan fingerprint density at radius 2 is 1.64 bits per heavy atom. The Morgan fingerprint density at radius 3 is 2.20 bits per heavy atom. The minimum atomic E-state index is -0.180. The molecule has 0 radical (unpaired) electrons. The Labute approximate surface area is 146 Å². The summed E-state index contributed by atoms with van der Waals surface area (Å²) in [5.74, 6) is 0.863. The largest absolute Gasteiger partial charge is 0.319 e. The maximum atomic E-state index is 12.4. The van der Waals surface area contributed by atoms with Gasteiger partial charge in [0.05, 0.1) is 5.69 Å². The van der Waals surface area contributed by atoms with Gasteiger partial charge in [0.25, 0.3) is 5.91 Å². The van der Waals surface area contributed by atoms with Gasteiger partial charge in [0.1, 0.15) is 0 Å². The van der Waals surface area contributed by atoms with Crippen molar-refractivity contribution in [2.24, 2.45) is 0 Å². The Balaban J connectivity index is 1.48. The first-order chi connectivity index (χ1) is 12.1. The third-order valence-corrected chi connectivity index (χ3v) is 4.58. The molecule has 126 valence electrons. The van der Waals surface area contributed by atoms with Crippen molar-refractivity contribution in [1.82, 2.24) is 14.8 Å². The first-order valence-electron chi connectivity index (χ1n) is 8.52. The van der Waals surface area contributed by atoms with E-state index in [1.807, 2.05) is 36.4 Å². The Bertz CT molecular complexity index is 886. The molecule has 2 heterocycles. The first kappa shape index (κ1) is 15.6. The summed E-state index contributed by atoms with van der Waals surface area (Å²) in [5, 5.41) is 11.1. The predicted octanol–water partition coefficient (Wildman–Crippen LogP) is 4.01. The van der Waals surface area contributed by atoms with Crippen LogP contribution in [0.25, 0.3) is 5.69 Å². The zero-order chi connectivity index (χ0) is 17.4.